The van der Waals surface area contributed by atoms with E-state index in [9.17, 15) is 0 Å². The number of nitriles is 1. The first kappa shape index (κ1) is 9.85. The van der Waals surface area contributed by atoms with Gasteiger partial charge < -0.3 is 9.64 Å². The van der Waals surface area contributed by atoms with Crippen molar-refractivity contribution in [1.82, 2.24) is 0 Å². The minimum absolute atomic E-state index is 0.0873. The molecule has 0 aromatic heterocycles. The molecule has 0 N–H and O–H groups in total. The lowest BCUT2D eigenvalue weighted by Gasteiger charge is -2.37. The summed E-state index contributed by atoms with van der Waals surface area (Å²) in [6.07, 6.45) is -0.386. The van der Waals surface area contributed by atoms with E-state index in [-0.39, 0.29) is 12.1 Å². The summed E-state index contributed by atoms with van der Waals surface area (Å²) in [5.41, 5.74) is 2.14. The van der Waals surface area contributed by atoms with Gasteiger partial charge in [-0.25, -0.2) is 0 Å². The first-order valence-corrected chi connectivity index (χ1v) is 5.04. The monoisotopic (exact) mass is 202 g/mol. The van der Waals surface area contributed by atoms with Crippen LogP contribution in [0.2, 0.25) is 0 Å². The van der Waals surface area contributed by atoms with E-state index in [2.05, 4.69) is 11.0 Å². The van der Waals surface area contributed by atoms with Gasteiger partial charge in [-0.2, -0.15) is 5.26 Å². The molecule has 2 unspecified atom stereocenters. The molecule has 0 spiro atoms. The Labute approximate surface area is 89.9 Å². The van der Waals surface area contributed by atoms with Crippen molar-refractivity contribution in [3.63, 3.8) is 0 Å². The minimum atomic E-state index is -0.386. The van der Waals surface area contributed by atoms with Crippen LogP contribution < -0.4 is 9.64 Å². The molecule has 15 heavy (non-hydrogen) atoms. The average Bonchev–Trinajstić information content (AvgIpc) is 2.24. The second-order valence-electron chi connectivity index (χ2n) is 3.94. The van der Waals surface area contributed by atoms with Crippen molar-refractivity contribution in [2.45, 2.75) is 26.0 Å². The minimum Gasteiger partial charge on any atom is -0.471 e. The van der Waals surface area contributed by atoms with E-state index in [1.165, 1.54) is 0 Å². The van der Waals surface area contributed by atoms with E-state index in [1.54, 1.807) is 0 Å². The number of anilines is 1. The fourth-order valence-electron chi connectivity index (χ4n) is 1.85. The Morgan fingerprint density at radius 3 is 2.87 bits per heavy atom. The standard InChI is InChI=1S/C12H14N2O/c1-8-5-4-6-10-12(8)15-11(7-13)9(2)14(10)3/h4-6,9,11H,1-3H3. The Kier molecular flexibility index (Phi) is 2.28. The zero-order valence-electron chi connectivity index (χ0n) is 9.19. The second-order valence-corrected chi connectivity index (χ2v) is 3.94. The zero-order valence-corrected chi connectivity index (χ0v) is 9.19. The molecule has 3 nitrogen and oxygen atoms in total. The molecule has 0 fully saturated rings. The maximum absolute atomic E-state index is 8.99. The number of hydrogen-bond acceptors (Lipinski definition) is 3. The Morgan fingerprint density at radius 2 is 2.20 bits per heavy atom. The molecule has 0 radical (unpaired) electrons. The van der Waals surface area contributed by atoms with Crippen LogP contribution in [0.15, 0.2) is 18.2 Å². The lowest BCUT2D eigenvalue weighted by molar-refractivity contribution is 0.210. The first-order valence-electron chi connectivity index (χ1n) is 5.04. The van der Waals surface area contributed by atoms with Crippen LogP contribution in [-0.4, -0.2) is 19.2 Å². The molecule has 3 heteroatoms. The molecule has 78 valence electrons. The molecular formula is C12H14N2O. The lowest BCUT2D eigenvalue weighted by atomic mass is 10.1. The van der Waals surface area contributed by atoms with Gasteiger partial charge in [0.05, 0.1) is 11.7 Å². The SMILES string of the molecule is Cc1cccc2c1OC(C#N)C(C)N2C. The average molecular weight is 202 g/mol. The van der Waals surface area contributed by atoms with Gasteiger partial charge in [0, 0.05) is 7.05 Å². The summed E-state index contributed by atoms with van der Waals surface area (Å²) in [5.74, 6) is 0.838. The van der Waals surface area contributed by atoms with Crippen molar-refractivity contribution in [3.05, 3.63) is 23.8 Å². The van der Waals surface area contributed by atoms with Crippen molar-refractivity contribution in [1.29, 1.82) is 5.26 Å². The van der Waals surface area contributed by atoms with Crippen LogP contribution >= 0.6 is 0 Å². The smallest absolute Gasteiger partial charge is 0.204 e. The summed E-state index contributed by atoms with van der Waals surface area (Å²) >= 11 is 0. The van der Waals surface area contributed by atoms with E-state index < -0.39 is 0 Å². The van der Waals surface area contributed by atoms with Crippen LogP contribution in [0.3, 0.4) is 0 Å². The van der Waals surface area contributed by atoms with Gasteiger partial charge in [0.25, 0.3) is 0 Å². The van der Waals surface area contributed by atoms with Crippen LogP contribution in [0.1, 0.15) is 12.5 Å². The number of fused-ring (bicyclic) bond motifs is 1. The molecule has 0 amide bonds. The van der Waals surface area contributed by atoms with Gasteiger partial charge in [-0.1, -0.05) is 12.1 Å². The third-order valence-corrected chi connectivity index (χ3v) is 2.99. The highest BCUT2D eigenvalue weighted by Crippen LogP contribution is 2.37. The fourth-order valence-corrected chi connectivity index (χ4v) is 1.85. The van der Waals surface area contributed by atoms with Crippen LogP contribution in [0.25, 0.3) is 0 Å². The number of rotatable bonds is 0. The van der Waals surface area contributed by atoms with E-state index in [1.807, 2.05) is 39.1 Å². The number of nitrogens with zero attached hydrogens (tertiary/aromatic N) is 2. The largest absolute Gasteiger partial charge is 0.471 e. The number of likely N-dealkylation sites (N-methyl/N-ethyl adjacent to an activating group) is 1. The van der Waals surface area contributed by atoms with Gasteiger partial charge in [-0.15, -0.1) is 0 Å². The number of hydrogen-bond donors (Lipinski definition) is 0. The van der Waals surface area contributed by atoms with Gasteiger partial charge in [-0.05, 0) is 25.5 Å². The van der Waals surface area contributed by atoms with Gasteiger partial charge >= 0.3 is 0 Å². The third-order valence-electron chi connectivity index (χ3n) is 2.99. The summed E-state index contributed by atoms with van der Waals surface area (Å²) in [5, 5.41) is 8.99. The predicted octanol–water partition coefficient (Wildman–Crippen LogP) is 2.10. The number of para-hydroxylation sites is 1. The van der Waals surface area contributed by atoms with E-state index in [0.29, 0.717) is 0 Å². The molecular weight excluding hydrogens is 188 g/mol. The quantitative estimate of drug-likeness (QED) is 0.646. The Balaban J connectivity index is 2.51. The maximum atomic E-state index is 8.99. The zero-order chi connectivity index (χ0) is 11.0. The highest BCUT2D eigenvalue weighted by molar-refractivity contribution is 5.64. The fraction of sp³-hybridized carbons (Fsp3) is 0.417. The molecule has 2 rings (SSSR count). The van der Waals surface area contributed by atoms with Crippen molar-refractivity contribution >= 4 is 5.69 Å². The van der Waals surface area contributed by atoms with Crippen LogP contribution in [0.4, 0.5) is 5.69 Å². The normalized spacial score (nSPS) is 24.0. The van der Waals surface area contributed by atoms with Crippen LogP contribution in [-0.2, 0) is 0 Å². The Hall–Kier alpha value is -1.69. The predicted molar refractivity (Wildman–Crippen MR) is 59.1 cm³/mol. The van der Waals surface area contributed by atoms with Gasteiger partial charge in [0.2, 0.25) is 6.10 Å². The van der Waals surface area contributed by atoms with Crippen molar-refractivity contribution < 1.29 is 4.74 Å². The highest BCUT2D eigenvalue weighted by atomic mass is 16.5. The van der Waals surface area contributed by atoms with Gasteiger partial charge in [0.15, 0.2) is 0 Å². The highest BCUT2D eigenvalue weighted by Gasteiger charge is 2.31. The second kappa shape index (κ2) is 3.47. The number of benzene rings is 1. The van der Waals surface area contributed by atoms with Crippen molar-refractivity contribution in [3.8, 4) is 11.8 Å². The van der Waals surface area contributed by atoms with Crippen molar-refractivity contribution in [2.24, 2.45) is 0 Å². The summed E-state index contributed by atoms with van der Waals surface area (Å²) in [6.45, 7) is 4.00. The summed E-state index contributed by atoms with van der Waals surface area (Å²) < 4.78 is 5.69. The van der Waals surface area contributed by atoms with E-state index in [4.69, 9.17) is 10.00 Å². The number of ether oxygens (including phenoxy) is 1. The Morgan fingerprint density at radius 1 is 1.47 bits per heavy atom. The maximum Gasteiger partial charge on any atom is 0.204 e. The van der Waals surface area contributed by atoms with Gasteiger partial charge in [-0.3, -0.25) is 0 Å². The van der Waals surface area contributed by atoms with Crippen LogP contribution in [0.5, 0.6) is 5.75 Å². The molecule has 1 aromatic rings. The molecule has 1 heterocycles. The molecule has 0 saturated heterocycles. The Bertz CT molecular complexity index is 422. The topological polar surface area (TPSA) is 36.3 Å². The van der Waals surface area contributed by atoms with Crippen molar-refractivity contribution in [2.75, 3.05) is 11.9 Å². The van der Waals surface area contributed by atoms with E-state index in [0.717, 1.165) is 17.0 Å². The third kappa shape index (κ3) is 1.42. The summed E-state index contributed by atoms with van der Waals surface area (Å²) in [7, 11) is 2.00. The molecule has 1 aliphatic heterocycles. The molecule has 0 aliphatic carbocycles. The van der Waals surface area contributed by atoms with Crippen LogP contribution in [0, 0.1) is 18.3 Å². The molecule has 1 aromatic carbocycles. The molecule has 1 aliphatic rings. The first-order chi connectivity index (χ1) is 7.15. The molecule has 0 saturated carbocycles. The number of aryl methyl sites for hydroxylation is 1. The van der Waals surface area contributed by atoms with Gasteiger partial charge in [0.1, 0.15) is 11.8 Å². The summed E-state index contributed by atoms with van der Waals surface area (Å²) in [6, 6.07) is 8.30. The summed E-state index contributed by atoms with van der Waals surface area (Å²) in [4.78, 5) is 2.10. The molecule has 2 atom stereocenters. The van der Waals surface area contributed by atoms with E-state index >= 15 is 0 Å². The lowest BCUT2D eigenvalue weighted by Crippen LogP contribution is -2.45. The molecule has 0 bridgehead atoms.